The standard InChI is InChI=1S/C17H21N5O/c1-5-18-16-20-15(19-13-10-14(23)21-22(13)16)11-6-8-12(9-7-11)17(2,3)4/h6-10H,5H2,1-4H3,(H,21,23)(H,18,19,20). The molecule has 0 spiro atoms. The lowest BCUT2D eigenvalue weighted by Crippen LogP contribution is -2.11. The summed E-state index contributed by atoms with van der Waals surface area (Å²) >= 11 is 0. The first-order valence-electron chi connectivity index (χ1n) is 7.73. The van der Waals surface area contributed by atoms with Gasteiger partial charge in [-0.05, 0) is 17.9 Å². The predicted molar refractivity (Wildman–Crippen MR) is 91.9 cm³/mol. The molecule has 6 heteroatoms. The summed E-state index contributed by atoms with van der Waals surface area (Å²) in [5.74, 6) is 1.18. The van der Waals surface area contributed by atoms with Gasteiger partial charge in [0.25, 0.3) is 5.56 Å². The molecule has 3 aromatic rings. The minimum Gasteiger partial charge on any atom is -0.354 e. The van der Waals surface area contributed by atoms with Crippen molar-refractivity contribution in [2.75, 3.05) is 11.9 Å². The molecule has 0 fully saturated rings. The van der Waals surface area contributed by atoms with Crippen LogP contribution in [0.25, 0.3) is 17.0 Å². The Morgan fingerprint density at radius 1 is 1.17 bits per heavy atom. The number of aromatic amines is 1. The monoisotopic (exact) mass is 311 g/mol. The van der Waals surface area contributed by atoms with Crippen molar-refractivity contribution in [3.05, 3.63) is 46.2 Å². The quantitative estimate of drug-likeness (QED) is 0.780. The van der Waals surface area contributed by atoms with E-state index in [1.54, 1.807) is 4.52 Å². The second-order valence-electron chi connectivity index (χ2n) is 6.54. The zero-order valence-corrected chi connectivity index (χ0v) is 13.8. The fraction of sp³-hybridized carbons (Fsp3) is 0.353. The van der Waals surface area contributed by atoms with Crippen molar-refractivity contribution in [3.8, 4) is 11.4 Å². The molecular weight excluding hydrogens is 290 g/mol. The van der Waals surface area contributed by atoms with E-state index in [0.717, 1.165) is 5.56 Å². The highest BCUT2D eigenvalue weighted by molar-refractivity contribution is 5.60. The Kier molecular flexibility index (Phi) is 3.67. The number of hydrogen-bond acceptors (Lipinski definition) is 4. The van der Waals surface area contributed by atoms with E-state index in [0.29, 0.717) is 24.0 Å². The van der Waals surface area contributed by atoms with Crippen molar-refractivity contribution in [2.24, 2.45) is 0 Å². The summed E-state index contributed by atoms with van der Waals surface area (Å²) in [7, 11) is 0. The van der Waals surface area contributed by atoms with E-state index < -0.39 is 0 Å². The number of rotatable bonds is 3. The van der Waals surface area contributed by atoms with Crippen LogP contribution >= 0.6 is 0 Å². The first-order chi connectivity index (χ1) is 10.9. The SMILES string of the molecule is CCNc1nc(-c2ccc(C(C)(C)C)cc2)nc2cc(=O)[nH]n12. The summed E-state index contributed by atoms with van der Waals surface area (Å²) in [6.07, 6.45) is 0. The van der Waals surface area contributed by atoms with Gasteiger partial charge in [0.1, 0.15) is 0 Å². The third-order valence-electron chi connectivity index (χ3n) is 3.70. The summed E-state index contributed by atoms with van der Waals surface area (Å²) < 4.78 is 1.57. The number of nitrogens with zero attached hydrogens (tertiary/aromatic N) is 3. The van der Waals surface area contributed by atoms with Crippen LogP contribution in [0.5, 0.6) is 0 Å². The molecule has 1 aromatic carbocycles. The van der Waals surface area contributed by atoms with Gasteiger partial charge in [0.05, 0.1) is 0 Å². The zero-order chi connectivity index (χ0) is 16.6. The summed E-state index contributed by atoms with van der Waals surface area (Å²) in [5, 5.41) is 5.84. The fourth-order valence-corrected chi connectivity index (χ4v) is 2.43. The molecule has 0 atom stereocenters. The number of H-pyrrole nitrogens is 1. The second-order valence-corrected chi connectivity index (χ2v) is 6.54. The van der Waals surface area contributed by atoms with Gasteiger partial charge in [0, 0.05) is 18.2 Å². The molecule has 0 radical (unpaired) electrons. The van der Waals surface area contributed by atoms with Crippen LogP contribution in [0.3, 0.4) is 0 Å². The highest BCUT2D eigenvalue weighted by Crippen LogP contribution is 2.25. The van der Waals surface area contributed by atoms with Gasteiger partial charge in [-0.15, -0.1) is 0 Å². The molecule has 0 amide bonds. The predicted octanol–water partition coefficient (Wildman–Crippen LogP) is 2.81. The first-order valence-corrected chi connectivity index (χ1v) is 7.73. The molecule has 0 unspecified atom stereocenters. The van der Waals surface area contributed by atoms with Crippen LogP contribution in [-0.4, -0.2) is 26.1 Å². The van der Waals surface area contributed by atoms with Gasteiger partial charge in [0.15, 0.2) is 11.5 Å². The van der Waals surface area contributed by atoms with E-state index in [1.165, 1.54) is 11.6 Å². The van der Waals surface area contributed by atoms with Crippen molar-refractivity contribution in [3.63, 3.8) is 0 Å². The Bertz CT molecular complexity index is 884. The van der Waals surface area contributed by atoms with Crippen molar-refractivity contribution >= 4 is 11.6 Å². The minimum absolute atomic E-state index is 0.103. The highest BCUT2D eigenvalue weighted by atomic mass is 16.1. The summed E-state index contributed by atoms with van der Waals surface area (Å²) in [6.45, 7) is 9.22. The van der Waals surface area contributed by atoms with E-state index in [1.807, 2.05) is 19.1 Å². The molecule has 0 aliphatic carbocycles. The Balaban J connectivity index is 2.10. The van der Waals surface area contributed by atoms with Crippen LogP contribution in [0.2, 0.25) is 0 Å². The van der Waals surface area contributed by atoms with E-state index in [-0.39, 0.29) is 11.0 Å². The van der Waals surface area contributed by atoms with Crippen molar-refractivity contribution in [1.82, 2.24) is 19.6 Å². The number of hydrogen-bond donors (Lipinski definition) is 2. The molecule has 2 heterocycles. The van der Waals surface area contributed by atoms with Gasteiger partial charge in [-0.3, -0.25) is 9.89 Å². The fourth-order valence-electron chi connectivity index (χ4n) is 2.43. The third-order valence-corrected chi connectivity index (χ3v) is 3.70. The molecule has 0 aliphatic heterocycles. The highest BCUT2D eigenvalue weighted by Gasteiger charge is 2.14. The Labute approximate surface area is 134 Å². The maximum Gasteiger partial charge on any atom is 0.266 e. The van der Waals surface area contributed by atoms with Crippen molar-refractivity contribution in [2.45, 2.75) is 33.1 Å². The molecule has 0 saturated heterocycles. The number of aromatic nitrogens is 4. The maximum absolute atomic E-state index is 11.6. The van der Waals surface area contributed by atoms with Crippen LogP contribution in [0.15, 0.2) is 35.1 Å². The molecule has 2 aromatic heterocycles. The average molecular weight is 311 g/mol. The maximum atomic E-state index is 11.6. The van der Waals surface area contributed by atoms with Crippen LogP contribution in [0.4, 0.5) is 5.95 Å². The summed E-state index contributed by atoms with van der Waals surface area (Å²) in [5.41, 5.74) is 2.64. The Hall–Kier alpha value is -2.63. The Morgan fingerprint density at radius 2 is 1.87 bits per heavy atom. The lowest BCUT2D eigenvalue weighted by Gasteiger charge is -2.19. The second kappa shape index (κ2) is 5.53. The molecule has 6 nitrogen and oxygen atoms in total. The number of benzene rings is 1. The van der Waals surface area contributed by atoms with E-state index in [9.17, 15) is 4.79 Å². The van der Waals surface area contributed by atoms with Crippen LogP contribution in [0, 0.1) is 0 Å². The smallest absolute Gasteiger partial charge is 0.266 e. The molecule has 0 aliphatic rings. The number of fused-ring (bicyclic) bond motifs is 1. The molecular formula is C17H21N5O. The van der Waals surface area contributed by atoms with E-state index >= 15 is 0 Å². The largest absolute Gasteiger partial charge is 0.354 e. The van der Waals surface area contributed by atoms with Crippen LogP contribution in [-0.2, 0) is 5.41 Å². The van der Waals surface area contributed by atoms with Gasteiger partial charge in [0.2, 0.25) is 5.95 Å². The topological polar surface area (TPSA) is 75.1 Å². The van der Waals surface area contributed by atoms with Gasteiger partial charge in [-0.25, -0.2) is 9.50 Å². The summed E-state index contributed by atoms with van der Waals surface area (Å²) in [6, 6.07) is 9.70. The first kappa shape index (κ1) is 15.3. The molecule has 2 N–H and O–H groups in total. The summed E-state index contributed by atoms with van der Waals surface area (Å²) in [4.78, 5) is 20.6. The van der Waals surface area contributed by atoms with E-state index in [4.69, 9.17) is 0 Å². The van der Waals surface area contributed by atoms with Crippen molar-refractivity contribution < 1.29 is 0 Å². The van der Waals surface area contributed by atoms with E-state index in [2.05, 4.69) is 53.3 Å². The molecule has 120 valence electrons. The molecule has 3 rings (SSSR count). The average Bonchev–Trinajstić information content (AvgIpc) is 2.87. The van der Waals surface area contributed by atoms with Gasteiger partial charge < -0.3 is 5.32 Å². The number of nitrogens with one attached hydrogen (secondary N) is 2. The lowest BCUT2D eigenvalue weighted by molar-refractivity contribution is 0.590. The molecule has 0 bridgehead atoms. The van der Waals surface area contributed by atoms with Gasteiger partial charge in [-0.2, -0.15) is 4.98 Å². The van der Waals surface area contributed by atoms with Crippen LogP contribution < -0.4 is 10.9 Å². The third kappa shape index (κ3) is 2.97. The molecule has 0 saturated carbocycles. The lowest BCUT2D eigenvalue weighted by atomic mass is 9.87. The molecule has 23 heavy (non-hydrogen) atoms. The van der Waals surface area contributed by atoms with Gasteiger partial charge >= 0.3 is 0 Å². The minimum atomic E-state index is -0.196. The normalized spacial score (nSPS) is 11.8. The zero-order valence-electron chi connectivity index (χ0n) is 13.8. The van der Waals surface area contributed by atoms with Gasteiger partial charge in [-0.1, -0.05) is 45.0 Å². The number of anilines is 1. The Morgan fingerprint density at radius 3 is 2.48 bits per heavy atom. The van der Waals surface area contributed by atoms with Crippen molar-refractivity contribution in [1.29, 1.82) is 0 Å². The van der Waals surface area contributed by atoms with Crippen LogP contribution in [0.1, 0.15) is 33.3 Å².